The second-order valence-corrected chi connectivity index (χ2v) is 7.44. The van der Waals surface area contributed by atoms with Crippen molar-refractivity contribution in [3.8, 4) is 0 Å². The maximum absolute atomic E-state index is 12.2. The molecule has 1 aromatic rings. The molecule has 9 heteroatoms. The Labute approximate surface area is 121 Å². The topological polar surface area (TPSA) is 104 Å². The van der Waals surface area contributed by atoms with Gasteiger partial charge in [0, 0.05) is 31.9 Å². The summed E-state index contributed by atoms with van der Waals surface area (Å²) in [6, 6.07) is 1.11. The van der Waals surface area contributed by atoms with Gasteiger partial charge in [0.15, 0.2) is 0 Å². The van der Waals surface area contributed by atoms with Crippen molar-refractivity contribution >= 4 is 33.2 Å². The third-order valence-corrected chi connectivity index (χ3v) is 5.95. The number of nitrogens with zero attached hydrogens (tertiary/aromatic N) is 1. The van der Waals surface area contributed by atoms with Crippen LogP contribution in [-0.4, -0.2) is 50.3 Å². The summed E-state index contributed by atoms with van der Waals surface area (Å²) in [5.74, 6) is -1.94. The van der Waals surface area contributed by atoms with Gasteiger partial charge in [-0.3, -0.25) is 4.79 Å². The van der Waals surface area contributed by atoms with Crippen LogP contribution in [0.1, 0.15) is 17.3 Å². The van der Waals surface area contributed by atoms with Crippen LogP contribution in [0.25, 0.3) is 0 Å². The number of hydrogen-bond acceptors (Lipinski definition) is 5. The number of carboxylic acids is 1. The molecule has 0 spiro atoms. The van der Waals surface area contributed by atoms with Crippen molar-refractivity contribution in [3.05, 3.63) is 17.0 Å². The normalized spacial score (nSPS) is 13.2. The number of thiophene rings is 1. The highest BCUT2D eigenvalue weighted by atomic mass is 32.2. The van der Waals surface area contributed by atoms with Gasteiger partial charge in [0.1, 0.15) is 4.21 Å². The van der Waals surface area contributed by atoms with Crippen LogP contribution >= 0.6 is 11.3 Å². The molecule has 1 amide bonds. The van der Waals surface area contributed by atoms with Gasteiger partial charge in [0.25, 0.3) is 10.0 Å². The summed E-state index contributed by atoms with van der Waals surface area (Å²) in [4.78, 5) is 22.2. The molecule has 1 atom stereocenters. The molecule has 1 aromatic heterocycles. The van der Waals surface area contributed by atoms with Crippen molar-refractivity contribution in [1.82, 2.24) is 9.62 Å². The van der Waals surface area contributed by atoms with E-state index in [0.29, 0.717) is 0 Å². The lowest BCUT2D eigenvalue weighted by molar-refractivity contribution is -0.124. The van der Waals surface area contributed by atoms with Crippen molar-refractivity contribution in [3.63, 3.8) is 0 Å². The zero-order valence-corrected chi connectivity index (χ0v) is 12.9. The van der Waals surface area contributed by atoms with Crippen LogP contribution in [0.3, 0.4) is 0 Å². The van der Waals surface area contributed by atoms with Gasteiger partial charge in [-0.1, -0.05) is 6.92 Å². The fourth-order valence-electron chi connectivity index (χ4n) is 1.53. The monoisotopic (exact) mass is 320 g/mol. The van der Waals surface area contributed by atoms with E-state index in [1.807, 2.05) is 0 Å². The summed E-state index contributed by atoms with van der Waals surface area (Å²) in [7, 11) is -0.946. The summed E-state index contributed by atoms with van der Waals surface area (Å²) in [6.07, 6.45) is 0. The molecule has 112 valence electrons. The number of amides is 1. The number of carboxylic acid groups (broad SMARTS) is 1. The van der Waals surface area contributed by atoms with E-state index in [4.69, 9.17) is 5.11 Å². The second kappa shape index (κ2) is 6.33. The molecule has 0 fully saturated rings. The molecule has 0 aromatic carbocycles. The van der Waals surface area contributed by atoms with Crippen LogP contribution < -0.4 is 5.32 Å². The molecule has 0 aliphatic heterocycles. The number of carbonyl (C=O) groups is 2. The highest BCUT2D eigenvalue weighted by Crippen LogP contribution is 2.23. The molecule has 20 heavy (non-hydrogen) atoms. The zero-order valence-electron chi connectivity index (χ0n) is 11.3. The Morgan fingerprint density at radius 2 is 2.10 bits per heavy atom. The van der Waals surface area contributed by atoms with Crippen LogP contribution in [0.5, 0.6) is 0 Å². The zero-order chi connectivity index (χ0) is 15.5. The average molecular weight is 320 g/mol. The highest BCUT2D eigenvalue weighted by Gasteiger charge is 2.26. The number of nitrogens with one attached hydrogen (secondary N) is 1. The van der Waals surface area contributed by atoms with Crippen LogP contribution in [0, 0.1) is 5.92 Å². The quantitative estimate of drug-likeness (QED) is 0.792. The van der Waals surface area contributed by atoms with E-state index in [-0.39, 0.29) is 22.2 Å². The first kappa shape index (κ1) is 16.6. The van der Waals surface area contributed by atoms with Gasteiger partial charge >= 0.3 is 5.97 Å². The first-order chi connectivity index (χ1) is 9.20. The number of carbonyl (C=O) groups excluding carboxylic acids is 1. The van der Waals surface area contributed by atoms with Crippen molar-refractivity contribution in [2.24, 2.45) is 5.92 Å². The summed E-state index contributed by atoms with van der Waals surface area (Å²) >= 11 is 0.843. The smallest absolute Gasteiger partial charge is 0.336 e. The molecule has 0 saturated heterocycles. The molecule has 0 radical (unpaired) electrons. The molecule has 0 aliphatic carbocycles. The second-order valence-electron chi connectivity index (χ2n) is 4.26. The molecule has 1 unspecified atom stereocenters. The van der Waals surface area contributed by atoms with E-state index in [2.05, 4.69) is 5.32 Å². The SMILES string of the molecule is CNC(=O)C(C)CN(C)S(=O)(=O)c1cc(C(=O)O)cs1. The van der Waals surface area contributed by atoms with Gasteiger partial charge < -0.3 is 10.4 Å². The maximum Gasteiger partial charge on any atom is 0.336 e. The number of sulfonamides is 1. The van der Waals surface area contributed by atoms with Gasteiger partial charge in [-0.2, -0.15) is 4.31 Å². The van der Waals surface area contributed by atoms with Gasteiger partial charge in [-0.05, 0) is 6.07 Å². The van der Waals surface area contributed by atoms with Crippen molar-refractivity contribution < 1.29 is 23.1 Å². The Morgan fingerprint density at radius 3 is 2.55 bits per heavy atom. The van der Waals surface area contributed by atoms with Crippen molar-refractivity contribution in [1.29, 1.82) is 0 Å². The third kappa shape index (κ3) is 3.56. The Bertz CT molecular complexity index is 608. The Kier molecular flexibility index (Phi) is 5.26. The van der Waals surface area contributed by atoms with E-state index in [1.54, 1.807) is 6.92 Å². The summed E-state index contributed by atoms with van der Waals surface area (Å²) in [6.45, 7) is 1.63. The lowest BCUT2D eigenvalue weighted by Gasteiger charge is -2.19. The van der Waals surface area contributed by atoms with Crippen LogP contribution in [0.4, 0.5) is 0 Å². The average Bonchev–Trinajstić information content (AvgIpc) is 2.87. The fraction of sp³-hybridized carbons (Fsp3) is 0.455. The van der Waals surface area contributed by atoms with Gasteiger partial charge in [0.2, 0.25) is 5.91 Å². The molecule has 0 aliphatic rings. The van der Waals surface area contributed by atoms with Crippen molar-refractivity contribution in [2.75, 3.05) is 20.6 Å². The first-order valence-corrected chi connectivity index (χ1v) is 8.02. The standard InChI is InChI=1S/C11H16N2O5S2/c1-7(10(14)12-2)5-13(3)20(17,18)9-4-8(6-19-9)11(15)16/h4,6-7H,5H2,1-3H3,(H,12,14)(H,15,16). The molecule has 1 rings (SSSR count). The first-order valence-electron chi connectivity index (χ1n) is 5.70. The van der Waals surface area contributed by atoms with E-state index in [1.165, 1.54) is 19.5 Å². The van der Waals surface area contributed by atoms with Gasteiger partial charge in [-0.15, -0.1) is 11.3 Å². The minimum Gasteiger partial charge on any atom is -0.478 e. The molecular weight excluding hydrogens is 304 g/mol. The maximum atomic E-state index is 12.2. The summed E-state index contributed by atoms with van der Waals surface area (Å²) in [5.41, 5.74) is -0.0682. The van der Waals surface area contributed by atoms with E-state index in [0.717, 1.165) is 21.7 Å². The molecule has 2 N–H and O–H groups in total. The van der Waals surface area contributed by atoms with Gasteiger partial charge in [0.05, 0.1) is 5.56 Å². The van der Waals surface area contributed by atoms with Crippen LogP contribution in [0.15, 0.2) is 15.7 Å². The predicted molar refractivity (Wildman–Crippen MR) is 74.3 cm³/mol. The predicted octanol–water partition coefficient (Wildman–Crippen LogP) is 0.449. The van der Waals surface area contributed by atoms with Crippen LogP contribution in [-0.2, 0) is 14.8 Å². The molecule has 0 saturated carbocycles. The minimum atomic E-state index is -3.78. The lowest BCUT2D eigenvalue weighted by Crippen LogP contribution is -2.37. The van der Waals surface area contributed by atoms with Crippen LogP contribution in [0.2, 0.25) is 0 Å². The summed E-state index contributed by atoms with van der Waals surface area (Å²) in [5, 5.41) is 12.5. The Balaban J connectivity index is 2.92. The fourth-order valence-corrected chi connectivity index (χ4v) is 4.15. The largest absolute Gasteiger partial charge is 0.478 e. The highest BCUT2D eigenvalue weighted by molar-refractivity contribution is 7.91. The number of hydrogen-bond donors (Lipinski definition) is 2. The van der Waals surface area contributed by atoms with E-state index >= 15 is 0 Å². The number of rotatable bonds is 6. The summed E-state index contributed by atoms with van der Waals surface area (Å²) < 4.78 is 25.4. The van der Waals surface area contributed by atoms with Gasteiger partial charge in [-0.25, -0.2) is 13.2 Å². The molecular formula is C11H16N2O5S2. The molecule has 7 nitrogen and oxygen atoms in total. The minimum absolute atomic E-state index is 0.0162. The Morgan fingerprint density at radius 1 is 1.50 bits per heavy atom. The van der Waals surface area contributed by atoms with E-state index in [9.17, 15) is 18.0 Å². The number of aromatic carboxylic acids is 1. The third-order valence-electron chi connectivity index (χ3n) is 2.71. The molecule has 0 bridgehead atoms. The van der Waals surface area contributed by atoms with Crippen molar-refractivity contribution in [2.45, 2.75) is 11.1 Å². The Hall–Kier alpha value is -1.45. The van der Waals surface area contributed by atoms with E-state index < -0.39 is 21.9 Å². The lowest BCUT2D eigenvalue weighted by atomic mass is 10.2. The molecule has 1 heterocycles.